The first-order chi connectivity index (χ1) is 11.0. The number of benzene rings is 2. The van der Waals surface area contributed by atoms with E-state index in [-0.39, 0.29) is 6.61 Å². The lowest BCUT2D eigenvalue weighted by Gasteiger charge is -2.08. The van der Waals surface area contributed by atoms with E-state index in [2.05, 4.69) is 10.5 Å². The number of nitrogens with zero attached hydrogens (tertiary/aromatic N) is 1. The number of hydrogen-bond acceptors (Lipinski definition) is 3. The molecule has 2 aromatic rings. The van der Waals surface area contributed by atoms with Crippen molar-refractivity contribution in [1.29, 1.82) is 0 Å². The standard InChI is InChI=1S/C16H13Cl3N2O2/c1-10(12-4-2-3-5-13(12)18)20-21-16(22)9-23-15-7-6-11(17)8-14(15)19/h2-8H,9H2,1H3,(H,21,22)/b20-10+. The summed E-state index contributed by atoms with van der Waals surface area (Å²) in [4.78, 5) is 11.8. The molecule has 0 aromatic heterocycles. The van der Waals surface area contributed by atoms with Crippen molar-refractivity contribution in [2.45, 2.75) is 6.92 Å². The zero-order valence-electron chi connectivity index (χ0n) is 12.1. The smallest absolute Gasteiger partial charge is 0.277 e. The predicted octanol–water partition coefficient (Wildman–Crippen LogP) is 4.57. The van der Waals surface area contributed by atoms with Crippen molar-refractivity contribution in [1.82, 2.24) is 5.43 Å². The Morgan fingerprint density at radius 3 is 2.57 bits per heavy atom. The van der Waals surface area contributed by atoms with Crippen LogP contribution in [-0.4, -0.2) is 18.2 Å². The summed E-state index contributed by atoms with van der Waals surface area (Å²) in [7, 11) is 0. The van der Waals surface area contributed by atoms with Crippen LogP contribution in [0.5, 0.6) is 5.75 Å². The summed E-state index contributed by atoms with van der Waals surface area (Å²) < 4.78 is 5.32. The van der Waals surface area contributed by atoms with Gasteiger partial charge in [0.2, 0.25) is 0 Å². The third-order valence-electron chi connectivity index (χ3n) is 2.86. The molecule has 0 unspecified atom stereocenters. The first-order valence-electron chi connectivity index (χ1n) is 6.63. The summed E-state index contributed by atoms with van der Waals surface area (Å²) in [6.07, 6.45) is 0. The Labute approximate surface area is 149 Å². The molecular weight excluding hydrogens is 359 g/mol. The van der Waals surface area contributed by atoms with Gasteiger partial charge < -0.3 is 4.74 Å². The fourth-order valence-electron chi connectivity index (χ4n) is 1.73. The number of carbonyl (C=O) groups excluding carboxylic acids is 1. The van der Waals surface area contributed by atoms with E-state index >= 15 is 0 Å². The van der Waals surface area contributed by atoms with Crippen molar-refractivity contribution in [3.63, 3.8) is 0 Å². The molecule has 0 spiro atoms. The molecule has 2 rings (SSSR count). The number of hydrogen-bond donors (Lipinski definition) is 1. The maximum Gasteiger partial charge on any atom is 0.277 e. The number of nitrogens with one attached hydrogen (secondary N) is 1. The number of rotatable bonds is 5. The summed E-state index contributed by atoms with van der Waals surface area (Å²) in [6.45, 7) is 1.53. The number of amides is 1. The lowest BCUT2D eigenvalue weighted by molar-refractivity contribution is -0.123. The minimum atomic E-state index is -0.414. The first kappa shape index (κ1) is 17.6. The fourth-order valence-corrected chi connectivity index (χ4v) is 2.46. The molecule has 0 aliphatic rings. The maximum atomic E-state index is 11.8. The van der Waals surface area contributed by atoms with Gasteiger partial charge in [-0.2, -0.15) is 5.10 Å². The van der Waals surface area contributed by atoms with Gasteiger partial charge in [0.1, 0.15) is 5.75 Å². The highest BCUT2D eigenvalue weighted by molar-refractivity contribution is 6.35. The quantitative estimate of drug-likeness (QED) is 0.618. The Morgan fingerprint density at radius 2 is 1.87 bits per heavy atom. The van der Waals surface area contributed by atoms with Gasteiger partial charge in [-0.15, -0.1) is 0 Å². The Kier molecular flexibility index (Phi) is 6.28. The molecule has 7 heteroatoms. The lowest BCUT2D eigenvalue weighted by Crippen LogP contribution is -2.25. The topological polar surface area (TPSA) is 50.7 Å². The second-order valence-corrected chi connectivity index (χ2v) is 5.83. The third kappa shape index (κ3) is 5.13. The summed E-state index contributed by atoms with van der Waals surface area (Å²) in [5, 5.41) is 5.39. The largest absolute Gasteiger partial charge is 0.482 e. The average Bonchev–Trinajstić information content (AvgIpc) is 2.52. The van der Waals surface area contributed by atoms with Gasteiger partial charge in [0.15, 0.2) is 6.61 Å². The van der Waals surface area contributed by atoms with Gasteiger partial charge in [-0.1, -0.05) is 53.0 Å². The highest BCUT2D eigenvalue weighted by Gasteiger charge is 2.07. The van der Waals surface area contributed by atoms with E-state index in [9.17, 15) is 4.79 Å². The van der Waals surface area contributed by atoms with E-state index in [4.69, 9.17) is 39.5 Å². The van der Waals surface area contributed by atoms with E-state index in [0.717, 1.165) is 5.56 Å². The van der Waals surface area contributed by atoms with Crippen LogP contribution in [0.4, 0.5) is 0 Å². The second kappa shape index (κ2) is 8.20. The van der Waals surface area contributed by atoms with Crippen molar-refractivity contribution >= 4 is 46.4 Å². The first-order valence-corrected chi connectivity index (χ1v) is 7.76. The zero-order valence-corrected chi connectivity index (χ0v) is 14.4. The van der Waals surface area contributed by atoms with Crippen molar-refractivity contribution in [2.24, 2.45) is 5.10 Å². The zero-order chi connectivity index (χ0) is 16.8. The molecule has 0 fully saturated rings. The molecule has 2 aromatic carbocycles. The molecule has 1 amide bonds. The van der Waals surface area contributed by atoms with Gasteiger partial charge in [0.25, 0.3) is 5.91 Å². The Hall–Kier alpha value is -1.75. The second-order valence-electron chi connectivity index (χ2n) is 4.58. The molecular formula is C16H13Cl3N2O2. The molecule has 4 nitrogen and oxygen atoms in total. The van der Waals surface area contributed by atoms with Crippen LogP contribution in [0.1, 0.15) is 12.5 Å². The van der Waals surface area contributed by atoms with E-state index in [1.165, 1.54) is 6.07 Å². The van der Waals surface area contributed by atoms with Gasteiger partial charge in [0, 0.05) is 15.6 Å². The predicted molar refractivity (Wildman–Crippen MR) is 93.8 cm³/mol. The molecule has 0 saturated carbocycles. The van der Waals surface area contributed by atoms with Crippen LogP contribution in [0.3, 0.4) is 0 Å². The van der Waals surface area contributed by atoms with Crippen LogP contribution < -0.4 is 10.2 Å². The molecule has 0 aliphatic heterocycles. The monoisotopic (exact) mass is 370 g/mol. The molecule has 120 valence electrons. The van der Waals surface area contributed by atoms with Crippen LogP contribution in [0, 0.1) is 0 Å². The molecule has 0 heterocycles. The van der Waals surface area contributed by atoms with Crippen LogP contribution >= 0.6 is 34.8 Å². The molecule has 0 bridgehead atoms. The normalized spacial score (nSPS) is 11.2. The van der Waals surface area contributed by atoms with E-state index in [1.807, 2.05) is 18.2 Å². The fraction of sp³-hybridized carbons (Fsp3) is 0.125. The number of carbonyl (C=O) groups is 1. The minimum Gasteiger partial charge on any atom is -0.482 e. The Bertz CT molecular complexity index is 748. The molecule has 0 aliphatic carbocycles. The molecule has 1 N–H and O–H groups in total. The Balaban J connectivity index is 1.92. The van der Waals surface area contributed by atoms with Crippen molar-refractivity contribution in [2.75, 3.05) is 6.61 Å². The van der Waals surface area contributed by atoms with Gasteiger partial charge in [-0.25, -0.2) is 5.43 Å². The van der Waals surface area contributed by atoms with Crippen LogP contribution in [0.25, 0.3) is 0 Å². The van der Waals surface area contributed by atoms with Crippen molar-refractivity contribution < 1.29 is 9.53 Å². The number of halogens is 3. The summed E-state index contributed by atoms with van der Waals surface area (Å²) in [5.74, 6) is -0.0413. The summed E-state index contributed by atoms with van der Waals surface area (Å²) in [6, 6.07) is 12.0. The summed E-state index contributed by atoms with van der Waals surface area (Å²) >= 11 is 17.8. The molecule has 0 saturated heterocycles. The van der Waals surface area contributed by atoms with Crippen LogP contribution in [-0.2, 0) is 4.79 Å². The lowest BCUT2D eigenvalue weighted by atomic mass is 10.1. The van der Waals surface area contributed by atoms with Gasteiger partial charge >= 0.3 is 0 Å². The minimum absolute atomic E-state index is 0.222. The van der Waals surface area contributed by atoms with Crippen LogP contribution in [0.15, 0.2) is 47.6 Å². The van der Waals surface area contributed by atoms with Gasteiger partial charge in [-0.05, 0) is 31.2 Å². The highest BCUT2D eigenvalue weighted by Crippen LogP contribution is 2.27. The van der Waals surface area contributed by atoms with Gasteiger partial charge in [-0.3, -0.25) is 4.79 Å². The summed E-state index contributed by atoms with van der Waals surface area (Å²) in [5.41, 5.74) is 3.74. The van der Waals surface area contributed by atoms with Crippen LogP contribution in [0.2, 0.25) is 15.1 Å². The number of hydrazone groups is 1. The van der Waals surface area contributed by atoms with E-state index in [0.29, 0.717) is 26.5 Å². The van der Waals surface area contributed by atoms with E-state index in [1.54, 1.807) is 25.1 Å². The van der Waals surface area contributed by atoms with Crippen molar-refractivity contribution in [3.05, 3.63) is 63.1 Å². The van der Waals surface area contributed by atoms with Gasteiger partial charge in [0.05, 0.1) is 10.7 Å². The molecule has 0 atom stereocenters. The third-order valence-corrected chi connectivity index (χ3v) is 3.72. The van der Waals surface area contributed by atoms with E-state index < -0.39 is 5.91 Å². The van der Waals surface area contributed by atoms with Crippen molar-refractivity contribution in [3.8, 4) is 5.75 Å². The SMILES string of the molecule is C/C(=N\NC(=O)COc1ccc(Cl)cc1Cl)c1ccccc1Cl. The molecule has 0 radical (unpaired) electrons. The number of ether oxygens (including phenoxy) is 1. The Morgan fingerprint density at radius 1 is 1.13 bits per heavy atom. The maximum absolute atomic E-state index is 11.8. The molecule has 23 heavy (non-hydrogen) atoms. The highest BCUT2D eigenvalue weighted by atomic mass is 35.5. The average molecular weight is 372 g/mol.